The van der Waals surface area contributed by atoms with Crippen molar-refractivity contribution in [2.75, 3.05) is 4.72 Å². The molecule has 0 spiro atoms. The number of nitrogens with zero attached hydrogens (tertiary/aromatic N) is 1. The molecule has 22 heavy (non-hydrogen) atoms. The number of aromatic nitrogens is 1. The maximum atomic E-state index is 12.5. The zero-order valence-electron chi connectivity index (χ0n) is 12.5. The summed E-state index contributed by atoms with van der Waals surface area (Å²) >= 11 is 1.34. The molecule has 0 atom stereocenters. The number of hydrogen-bond acceptors (Lipinski definition) is 4. The summed E-state index contributed by atoms with van der Waals surface area (Å²) < 4.78 is 28.5. The van der Waals surface area contributed by atoms with Crippen molar-refractivity contribution < 1.29 is 8.42 Å². The molecule has 0 bridgehead atoms. The van der Waals surface area contributed by atoms with Crippen LogP contribution in [-0.2, 0) is 10.0 Å². The van der Waals surface area contributed by atoms with Crippen LogP contribution in [0.25, 0.3) is 10.2 Å². The van der Waals surface area contributed by atoms with Crippen molar-refractivity contribution in [3.63, 3.8) is 0 Å². The Kier molecular flexibility index (Phi) is 3.70. The van der Waals surface area contributed by atoms with Crippen LogP contribution in [0.3, 0.4) is 0 Å². The van der Waals surface area contributed by atoms with Gasteiger partial charge < -0.3 is 0 Å². The number of fused-ring (bicyclic) bond motifs is 1. The molecule has 0 amide bonds. The summed E-state index contributed by atoms with van der Waals surface area (Å²) in [7, 11) is -1.71. The molecule has 2 aromatic carbocycles. The number of anilines is 1. The van der Waals surface area contributed by atoms with Gasteiger partial charge in [0.15, 0.2) is 5.13 Å². The fraction of sp³-hybridized carbons (Fsp3) is 0.133. The van der Waals surface area contributed by atoms with Crippen molar-refractivity contribution in [1.82, 2.24) is 4.98 Å². The van der Waals surface area contributed by atoms with E-state index in [-0.39, 0.29) is 4.90 Å². The Morgan fingerprint density at radius 3 is 2.64 bits per heavy atom. The minimum Gasteiger partial charge on any atom is -0.255 e. The summed E-state index contributed by atoms with van der Waals surface area (Å²) in [5.74, 6) is 0. The van der Waals surface area contributed by atoms with Crippen LogP contribution >= 0.6 is 11.3 Å². The summed E-state index contributed by atoms with van der Waals surface area (Å²) in [6.07, 6.45) is 0. The van der Waals surface area contributed by atoms with Gasteiger partial charge in [0.05, 0.1) is 15.1 Å². The van der Waals surface area contributed by atoms with Crippen LogP contribution in [0.5, 0.6) is 0 Å². The van der Waals surface area contributed by atoms with Crippen LogP contribution in [0.2, 0.25) is 0 Å². The molecule has 0 aliphatic rings. The SMILES string of the molecule is Bc1cc(S(=O)(=O)Nc2nc3ccc(C)cc3s2)ccc1C. The molecule has 3 aromatic rings. The fourth-order valence-electron chi connectivity index (χ4n) is 2.13. The molecule has 0 fully saturated rings. The molecule has 3 rings (SSSR count). The summed E-state index contributed by atoms with van der Waals surface area (Å²) in [5, 5.41) is 0.388. The number of benzene rings is 2. The van der Waals surface area contributed by atoms with Gasteiger partial charge in [-0.1, -0.05) is 34.5 Å². The smallest absolute Gasteiger partial charge is 0.255 e. The summed E-state index contributed by atoms with van der Waals surface area (Å²) in [6.45, 7) is 3.95. The lowest BCUT2D eigenvalue weighted by molar-refractivity contribution is 0.601. The highest BCUT2D eigenvalue weighted by Gasteiger charge is 2.17. The lowest BCUT2D eigenvalue weighted by atomic mass is 9.92. The maximum absolute atomic E-state index is 12.5. The highest BCUT2D eigenvalue weighted by molar-refractivity contribution is 7.93. The van der Waals surface area contributed by atoms with Gasteiger partial charge in [0, 0.05) is 0 Å². The maximum Gasteiger partial charge on any atom is 0.263 e. The van der Waals surface area contributed by atoms with Crippen molar-refractivity contribution in [2.24, 2.45) is 0 Å². The zero-order valence-corrected chi connectivity index (χ0v) is 14.2. The molecule has 1 aromatic heterocycles. The van der Waals surface area contributed by atoms with Gasteiger partial charge in [0.1, 0.15) is 7.85 Å². The molecule has 4 nitrogen and oxygen atoms in total. The Hall–Kier alpha value is -1.86. The molecule has 0 saturated carbocycles. The van der Waals surface area contributed by atoms with E-state index in [0.29, 0.717) is 5.13 Å². The largest absolute Gasteiger partial charge is 0.263 e. The standard InChI is InChI=1S/C15H15BN2O2S2/c1-9-3-6-13-14(7-9)21-15(17-13)18-22(19,20)11-5-4-10(2)12(16)8-11/h3-8H,16H2,1-2H3,(H,17,18). The van der Waals surface area contributed by atoms with Gasteiger partial charge in [-0.05, 0) is 43.7 Å². The van der Waals surface area contributed by atoms with E-state index in [1.165, 1.54) is 11.3 Å². The Bertz CT molecular complexity index is 965. The number of hydrogen-bond donors (Lipinski definition) is 1. The molecule has 0 aliphatic heterocycles. The first-order chi connectivity index (χ1) is 10.3. The molecule has 7 heteroatoms. The molecule has 0 radical (unpaired) electrons. The van der Waals surface area contributed by atoms with E-state index >= 15 is 0 Å². The van der Waals surface area contributed by atoms with Gasteiger partial charge in [-0.25, -0.2) is 13.4 Å². The minimum atomic E-state index is -3.61. The average molecular weight is 330 g/mol. The first kappa shape index (κ1) is 15.1. The highest BCUT2D eigenvalue weighted by atomic mass is 32.2. The van der Waals surface area contributed by atoms with Crippen LogP contribution in [0.4, 0.5) is 5.13 Å². The topological polar surface area (TPSA) is 59.1 Å². The zero-order chi connectivity index (χ0) is 15.9. The average Bonchev–Trinajstić information content (AvgIpc) is 2.82. The van der Waals surface area contributed by atoms with Crippen molar-refractivity contribution in [3.8, 4) is 0 Å². The third-order valence-electron chi connectivity index (χ3n) is 3.55. The number of rotatable bonds is 3. The second-order valence-corrected chi connectivity index (χ2v) is 8.05. The lowest BCUT2D eigenvalue weighted by Crippen LogP contribution is -2.16. The third kappa shape index (κ3) is 2.87. The van der Waals surface area contributed by atoms with Gasteiger partial charge in [-0.2, -0.15) is 0 Å². The van der Waals surface area contributed by atoms with E-state index in [2.05, 4.69) is 9.71 Å². The van der Waals surface area contributed by atoms with E-state index in [9.17, 15) is 8.42 Å². The Balaban J connectivity index is 1.96. The fourth-order valence-corrected chi connectivity index (χ4v) is 4.41. The van der Waals surface area contributed by atoms with Crippen LogP contribution in [-0.4, -0.2) is 21.2 Å². The minimum absolute atomic E-state index is 0.256. The van der Waals surface area contributed by atoms with E-state index in [4.69, 9.17) is 0 Å². The van der Waals surface area contributed by atoms with Crippen molar-refractivity contribution in [2.45, 2.75) is 18.7 Å². The Morgan fingerprint density at radius 1 is 1.14 bits per heavy atom. The predicted octanol–water partition coefficient (Wildman–Crippen LogP) is 1.97. The quantitative estimate of drug-likeness (QED) is 0.747. The van der Waals surface area contributed by atoms with Gasteiger partial charge in [0.25, 0.3) is 10.0 Å². The van der Waals surface area contributed by atoms with Crippen molar-refractivity contribution in [3.05, 3.63) is 47.5 Å². The van der Waals surface area contributed by atoms with Gasteiger partial charge in [0.2, 0.25) is 0 Å². The van der Waals surface area contributed by atoms with Crippen LogP contribution in [0.15, 0.2) is 41.3 Å². The molecule has 0 saturated heterocycles. The first-order valence-electron chi connectivity index (χ1n) is 6.82. The molecule has 0 aliphatic carbocycles. The number of nitrogens with one attached hydrogen (secondary N) is 1. The van der Waals surface area contributed by atoms with Gasteiger partial charge in [-0.3, -0.25) is 4.72 Å². The van der Waals surface area contributed by atoms with Crippen molar-refractivity contribution >= 4 is 50.0 Å². The summed E-state index contributed by atoms with van der Waals surface area (Å²) in [5.41, 5.74) is 3.94. The monoisotopic (exact) mass is 330 g/mol. The summed E-state index contributed by atoms with van der Waals surface area (Å²) in [4.78, 5) is 4.59. The highest BCUT2D eigenvalue weighted by Crippen LogP contribution is 2.28. The molecule has 1 heterocycles. The molecule has 0 unspecified atom stereocenters. The number of thiazole rings is 1. The van der Waals surface area contributed by atoms with Gasteiger partial charge in [-0.15, -0.1) is 0 Å². The molecule has 112 valence electrons. The first-order valence-corrected chi connectivity index (χ1v) is 9.12. The Labute approximate surface area is 134 Å². The van der Waals surface area contributed by atoms with E-state index < -0.39 is 10.0 Å². The second-order valence-electron chi connectivity index (χ2n) is 5.34. The van der Waals surface area contributed by atoms with Crippen molar-refractivity contribution in [1.29, 1.82) is 0 Å². The Morgan fingerprint density at radius 2 is 1.91 bits per heavy atom. The normalized spacial score (nSPS) is 11.7. The number of aryl methyl sites for hydroxylation is 2. The second kappa shape index (κ2) is 5.41. The molecule has 1 N–H and O–H groups in total. The van der Waals surface area contributed by atoms with Gasteiger partial charge >= 0.3 is 0 Å². The predicted molar refractivity (Wildman–Crippen MR) is 94.5 cm³/mol. The van der Waals surface area contributed by atoms with Crippen LogP contribution in [0.1, 0.15) is 11.1 Å². The lowest BCUT2D eigenvalue weighted by Gasteiger charge is -2.07. The van der Waals surface area contributed by atoms with Crippen LogP contribution in [0, 0.1) is 13.8 Å². The summed E-state index contributed by atoms with van der Waals surface area (Å²) in [6, 6.07) is 11.0. The number of sulfonamides is 1. The van der Waals surface area contributed by atoms with E-state index in [1.807, 2.05) is 46.0 Å². The molecular weight excluding hydrogens is 315 g/mol. The van der Waals surface area contributed by atoms with Crippen LogP contribution < -0.4 is 10.2 Å². The third-order valence-corrected chi connectivity index (χ3v) is 5.95. The van der Waals surface area contributed by atoms with E-state index in [0.717, 1.165) is 26.8 Å². The molecular formula is C15H15BN2O2S2. The van der Waals surface area contributed by atoms with E-state index in [1.54, 1.807) is 12.1 Å².